The molecule has 0 saturated heterocycles. The van der Waals surface area contributed by atoms with E-state index in [4.69, 9.17) is 4.74 Å². The summed E-state index contributed by atoms with van der Waals surface area (Å²) in [6, 6.07) is 12.9. The van der Waals surface area contributed by atoms with Gasteiger partial charge in [0.15, 0.2) is 11.5 Å². The number of hydrogen-bond acceptors (Lipinski definition) is 4. The molecule has 3 N–H and O–H groups in total. The van der Waals surface area contributed by atoms with E-state index < -0.39 is 11.8 Å². The molecule has 0 aliphatic heterocycles. The van der Waals surface area contributed by atoms with Crippen LogP contribution in [0.2, 0.25) is 0 Å². The van der Waals surface area contributed by atoms with Crippen LogP contribution in [0.3, 0.4) is 0 Å². The van der Waals surface area contributed by atoms with Gasteiger partial charge in [-0.3, -0.25) is 0 Å². The number of methoxy groups -OCH3 is 1. The quantitative estimate of drug-likeness (QED) is 0.645. The van der Waals surface area contributed by atoms with Crippen molar-refractivity contribution in [3.8, 4) is 33.8 Å². The van der Waals surface area contributed by atoms with Crippen LogP contribution in [0.1, 0.15) is 21.5 Å². The Hall–Kier alpha value is -2.38. The number of phenolic OH excluding ortho intramolecular Hbond substituents is 1. The maximum absolute atomic E-state index is 14.3. The third-order valence-electron chi connectivity index (χ3n) is 5.00. The fraction of sp³-hybridized carbons (Fsp3) is 0.136. The van der Waals surface area contributed by atoms with Gasteiger partial charge in [-0.05, 0) is 71.0 Å². The Kier molecular flexibility index (Phi) is 7.08. The molecule has 0 amide bonds. The molecule has 0 saturated carbocycles. The maximum Gasteiger partial charge on any atom is 1.00 e. The van der Waals surface area contributed by atoms with Crippen molar-refractivity contribution in [3.05, 3.63) is 71.0 Å². The fourth-order valence-electron chi connectivity index (χ4n) is 3.68. The van der Waals surface area contributed by atoms with Crippen LogP contribution < -0.4 is 34.3 Å². The summed E-state index contributed by atoms with van der Waals surface area (Å²) in [5, 5.41) is 19.9. The van der Waals surface area contributed by atoms with E-state index in [9.17, 15) is 19.4 Å². The molecule has 4 rings (SSSR count). The van der Waals surface area contributed by atoms with Crippen LogP contribution in [0.4, 0.5) is 4.39 Å². The van der Waals surface area contributed by atoms with E-state index in [1.54, 1.807) is 42.5 Å². The molecule has 1 aliphatic rings. The topological polar surface area (TPSA) is 96.8 Å². The van der Waals surface area contributed by atoms with Crippen LogP contribution in [-0.4, -0.2) is 28.8 Å². The summed E-state index contributed by atoms with van der Waals surface area (Å²) >= 11 is 0. The third-order valence-corrected chi connectivity index (χ3v) is 5.00. The molecule has 0 bridgehead atoms. The molecule has 0 aromatic heterocycles. The average Bonchev–Trinajstić information content (AvgIpc) is 2.66. The third kappa shape index (κ3) is 4.02. The van der Waals surface area contributed by atoms with Crippen molar-refractivity contribution >= 4 is 5.97 Å². The number of aromatic carboxylic acids is 1. The molecular weight excluding hydrogens is 386 g/mol. The van der Waals surface area contributed by atoms with Gasteiger partial charge in [-0.1, -0.05) is 18.2 Å². The van der Waals surface area contributed by atoms with Gasteiger partial charge in [-0.2, -0.15) is 0 Å². The minimum absolute atomic E-state index is 0. The molecule has 0 radical (unpaired) electrons. The van der Waals surface area contributed by atoms with Crippen LogP contribution in [0.25, 0.3) is 22.3 Å². The average molecular weight is 404 g/mol. The second-order valence-electron chi connectivity index (χ2n) is 6.52. The Morgan fingerprint density at radius 1 is 0.966 bits per heavy atom. The van der Waals surface area contributed by atoms with E-state index in [-0.39, 0.29) is 51.9 Å². The van der Waals surface area contributed by atoms with Crippen molar-refractivity contribution in [2.45, 2.75) is 12.8 Å². The molecule has 0 heterocycles. The van der Waals surface area contributed by atoms with Crippen LogP contribution in [0, 0.1) is 5.82 Å². The number of carbonyl (C=O) groups is 1. The summed E-state index contributed by atoms with van der Waals surface area (Å²) in [5.41, 5.74) is 4.08. The molecule has 1 aliphatic carbocycles. The summed E-state index contributed by atoms with van der Waals surface area (Å²) in [4.78, 5) is 11.9. The fourth-order valence-corrected chi connectivity index (χ4v) is 3.68. The van der Waals surface area contributed by atoms with Gasteiger partial charge >= 0.3 is 35.5 Å². The summed E-state index contributed by atoms with van der Waals surface area (Å²) < 4.78 is 19.5. The molecule has 0 spiro atoms. The summed E-state index contributed by atoms with van der Waals surface area (Å²) in [6.07, 6.45) is 1.42. The summed E-state index contributed by atoms with van der Waals surface area (Å²) in [7, 11) is 1.49. The van der Waals surface area contributed by atoms with Gasteiger partial charge in [0, 0.05) is 5.56 Å². The molecule has 29 heavy (non-hydrogen) atoms. The minimum Gasteiger partial charge on any atom is -0.870 e. The summed E-state index contributed by atoms with van der Waals surface area (Å²) in [6.45, 7) is 0. The largest absolute Gasteiger partial charge is 1.00 e. The Labute approximate surface area is 189 Å². The Morgan fingerprint density at radius 3 is 2.21 bits per heavy atom. The SMILES string of the molecule is COc1cc2c(cc1O)-c1cc(C(=O)O)c(-c3ccccc3F)cc1CC2.[Na+].[OH-]. The Bertz CT molecular complexity index is 1080. The number of halogens is 1. The van der Waals surface area contributed by atoms with Gasteiger partial charge in [0.25, 0.3) is 0 Å². The molecule has 144 valence electrons. The van der Waals surface area contributed by atoms with E-state index in [1.807, 2.05) is 0 Å². The van der Waals surface area contributed by atoms with Gasteiger partial charge in [0.05, 0.1) is 12.7 Å². The van der Waals surface area contributed by atoms with Gasteiger partial charge in [0.2, 0.25) is 0 Å². The number of aryl methyl sites for hydroxylation is 2. The first-order chi connectivity index (χ1) is 13.0. The number of carboxylic acid groups (broad SMARTS) is 1. The second-order valence-corrected chi connectivity index (χ2v) is 6.52. The van der Waals surface area contributed by atoms with Crippen molar-refractivity contribution in [3.63, 3.8) is 0 Å². The normalized spacial score (nSPS) is 11.4. The van der Waals surface area contributed by atoms with Crippen LogP contribution in [-0.2, 0) is 12.8 Å². The van der Waals surface area contributed by atoms with Crippen molar-refractivity contribution < 1.29 is 59.2 Å². The van der Waals surface area contributed by atoms with Crippen molar-refractivity contribution in [1.82, 2.24) is 0 Å². The standard InChI is InChI=1S/C22H17FO4.Na.H2O/c1-27-21-9-13-7-6-12-8-17(14-4-2-3-5-19(14)23)18(22(25)26)10-15(12)16(13)11-20(21)24;;/h2-5,8-11,24H,6-7H2,1H3,(H,25,26);;1H2/q;+1;/p-1. The van der Waals surface area contributed by atoms with Crippen molar-refractivity contribution in [2.24, 2.45) is 0 Å². The van der Waals surface area contributed by atoms with E-state index in [0.717, 1.165) is 28.7 Å². The molecule has 7 heteroatoms. The van der Waals surface area contributed by atoms with Crippen LogP contribution in [0.15, 0.2) is 48.5 Å². The molecule has 3 aromatic carbocycles. The molecule has 3 aromatic rings. The van der Waals surface area contributed by atoms with Gasteiger partial charge in [0.1, 0.15) is 5.82 Å². The number of aromatic hydroxyl groups is 1. The predicted molar refractivity (Wildman–Crippen MR) is 102 cm³/mol. The van der Waals surface area contributed by atoms with E-state index in [0.29, 0.717) is 17.7 Å². The number of rotatable bonds is 3. The zero-order valence-electron chi connectivity index (χ0n) is 16.1. The predicted octanol–water partition coefficient (Wildman–Crippen LogP) is 1.50. The smallest absolute Gasteiger partial charge is 0.870 e. The minimum atomic E-state index is -1.12. The van der Waals surface area contributed by atoms with E-state index in [1.165, 1.54) is 13.2 Å². The Morgan fingerprint density at radius 2 is 1.59 bits per heavy atom. The molecule has 5 nitrogen and oxygen atoms in total. The number of phenols is 1. The van der Waals surface area contributed by atoms with Crippen LogP contribution in [0.5, 0.6) is 11.5 Å². The molecule has 0 atom stereocenters. The van der Waals surface area contributed by atoms with Gasteiger partial charge in [-0.25, -0.2) is 9.18 Å². The molecule has 0 unspecified atom stereocenters. The zero-order valence-corrected chi connectivity index (χ0v) is 18.1. The van der Waals surface area contributed by atoms with E-state index in [2.05, 4.69) is 0 Å². The molecular formula is C22H18FNaO5. The van der Waals surface area contributed by atoms with Crippen molar-refractivity contribution in [2.75, 3.05) is 7.11 Å². The monoisotopic (exact) mass is 404 g/mol. The van der Waals surface area contributed by atoms with Crippen molar-refractivity contribution in [1.29, 1.82) is 0 Å². The maximum atomic E-state index is 14.3. The van der Waals surface area contributed by atoms with Crippen LogP contribution >= 0.6 is 0 Å². The molecule has 0 fully saturated rings. The number of carboxylic acids is 1. The van der Waals surface area contributed by atoms with Gasteiger partial charge in [-0.15, -0.1) is 0 Å². The summed E-state index contributed by atoms with van der Waals surface area (Å²) in [5.74, 6) is -1.20. The zero-order chi connectivity index (χ0) is 19.1. The Balaban J connectivity index is 0.00000150. The van der Waals surface area contributed by atoms with Gasteiger partial charge < -0.3 is 20.4 Å². The number of fused-ring (bicyclic) bond motifs is 3. The first kappa shape index (κ1) is 22.9. The number of benzene rings is 3. The number of hydrogen-bond donors (Lipinski definition) is 2. The van der Waals surface area contributed by atoms with E-state index >= 15 is 0 Å². The second kappa shape index (κ2) is 8.97. The first-order valence-electron chi connectivity index (χ1n) is 8.55. The number of ether oxygens (including phenoxy) is 1. The first-order valence-corrected chi connectivity index (χ1v) is 8.55.